The van der Waals surface area contributed by atoms with Gasteiger partial charge >= 0.3 is 6.16 Å². The van der Waals surface area contributed by atoms with Crippen LogP contribution < -0.4 is 0 Å². The first-order chi connectivity index (χ1) is 6.66. The molecule has 0 aromatic rings. The van der Waals surface area contributed by atoms with Gasteiger partial charge in [0.2, 0.25) is 0 Å². The zero-order chi connectivity index (χ0) is 10.8. The van der Waals surface area contributed by atoms with Gasteiger partial charge in [-0.25, -0.2) is 14.6 Å². The smallest absolute Gasteiger partial charge is 0.430 e. The van der Waals surface area contributed by atoms with Crippen LogP contribution in [0.1, 0.15) is 33.6 Å². The lowest BCUT2D eigenvalue weighted by Gasteiger charge is -2.05. The summed E-state index contributed by atoms with van der Waals surface area (Å²) in [6, 6.07) is 0. The Bertz CT molecular complexity index is 147. The van der Waals surface area contributed by atoms with Gasteiger partial charge in [-0.05, 0) is 25.3 Å². The van der Waals surface area contributed by atoms with Gasteiger partial charge in [0.05, 0.1) is 12.7 Å². The number of hydrogen-bond acceptors (Lipinski definition) is 6. The van der Waals surface area contributed by atoms with E-state index < -0.39 is 6.16 Å². The average molecular weight is 208 g/mol. The fourth-order valence-electron chi connectivity index (χ4n) is 0.511. The van der Waals surface area contributed by atoms with Gasteiger partial charge in [0.15, 0.2) is 0 Å². The highest BCUT2D eigenvalue weighted by atomic mass is 17.7. The van der Waals surface area contributed by atoms with Crippen LogP contribution in [0.2, 0.25) is 0 Å². The molecule has 0 saturated heterocycles. The van der Waals surface area contributed by atoms with Crippen LogP contribution in [-0.2, 0) is 24.6 Å². The molecule has 0 rings (SSSR count). The lowest BCUT2D eigenvalue weighted by atomic mass is 10.4. The van der Waals surface area contributed by atoms with Gasteiger partial charge in [0.1, 0.15) is 0 Å². The van der Waals surface area contributed by atoms with Gasteiger partial charge in [-0.2, -0.15) is 0 Å². The summed E-state index contributed by atoms with van der Waals surface area (Å²) in [5.74, 6) is 0. The quantitative estimate of drug-likeness (QED) is 0.276. The predicted octanol–water partition coefficient (Wildman–Crippen LogP) is 2.14. The number of rotatable bonds is 7. The highest BCUT2D eigenvalue weighted by Gasteiger charge is 2.07. The fourth-order valence-corrected chi connectivity index (χ4v) is 0.511. The molecule has 14 heavy (non-hydrogen) atoms. The molecule has 0 aliphatic carbocycles. The summed E-state index contributed by atoms with van der Waals surface area (Å²) < 4.78 is 4.56. The minimum atomic E-state index is -0.973. The molecule has 0 amide bonds. The molecule has 0 aliphatic heterocycles. The number of hydrogen-bond donors (Lipinski definition) is 0. The van der Waals surface area contributed by atoms with Crippen LogP contribution in [0.25, 0.3) is 0 Å². The summed E-state index contributed by atoms with van der Waals surface area (Å²) >= 11 is 0. The second-order valence-corrected chi connectivity index (χ2v) is 2.81. The maximum Gasteiger partial charge on any atom is 0.542 e. The average Bonchev–Trinajstić information content (AvgIpc) is 2.10. The number of carbonyl (C=O) groups is 1. The first kappa shape index (κ1) is 13.2. The Kier molecular flexibility index (Phi) is 8.20. The van der Waals surface area contributed by atoms with Crippen molar-refractivity contribution < 1.29 is 29.4 Å². The first-order valence-corrected chi connectivity index (χ1v) is 4.50. The van der Waals surface area contributed by atoms with E-state index >= 15 is 0 Å². The zero-order valence-electron chi connectivity index (χ0n) is 8.65. The molecule has 0 aliphatic rings. The van der Waals surface area contributed by atoms with E-state index in [-0.39, 0.29) is 6.10 Å². The summed E-state index contributed by atoms with van der Waals surface area (Å²) in [7, 11) is 0. The molecule has 0 saturated carbocycles. The van der Waals surface area contributed by atoms with Gasteiger partial charge in [0, 0.05) is 5.04 Å². The molecule has 0 unspecified atom stereocenters. The van der Waals surface area contributed by atoms with E-state index in [1.54, 1.807) is 13.8 Å². The second-order valence-electron chi connectivity index (χ2n) is 2.81. The standard InChI is InChI=1S/C8H16O6/c1-4-5-6-10-13-14-12-8(9)11-7(2)3/h7H,4-6H2,1-3H3. The summed E-state index contributed by atoms with van der Waals surface area (Å²) in [6.45, 7) is 5.74. The molecule has 0 fully saturated rings. The number of carbonyl (C=O) groups excluding carboxylic acids is 1. The maximum absolute atomic E-state index is 10.6. The molecule has 0 aromatic heterocycles. The summed E-state index contributed by atoms with van der Waals surface area (Å²) in [6.07, 6.45) is 0.561. The van der Waals surface area contributed by atoms with Crippen LogP contribution in [0.3, 0.4) is 0 Å². The van der Waals surface area contributed by atoms with Crippen molar-refractivity contribution in [2.24, 2.45) is 0 Å². The Labute approximate surface area is 82.8 Å². The van der Waals surface area contributed by atoms with Gasteiger partial charge in [-0.15, -0.1) is 0 Å². The molecule has 84 valence electrons. The molecule has 0 spiro atoms. The van der Waals surface area contributed by atoms with Crippen molar-refractivity contribution in [2.45, 2.75) is 39.7 Å². The van der Waals surface area contributed by atoms with Crippen LogP contribution in [0.4, 0.5) is 4.79 Å². The van der Waals surface area contributed by atoms with Crippen molar-refractivity contribution in [3.63, 3.8) is 0 Å². The fraction of sp³-hybridized carbons (Fsp3) is 0.875. The molecule has 0 bridgehead atoms. The Morgan fingerprint density at radius 2 is 2.00 bits per heavy atom. The minimum Gasteiger partial charge on any atom is -0.430 e. The molecule has 0 N–H and O–H groups in total. The van der Waals surface area contributed by atoms with E-state index in [4.69, 9.17) is 0 Å². The molecule has 0 aromatic carbocycles. The van der Waals surface area contributed by atoms with Crippen molar-refractivity contribution in [3.05, 3.63) is 0 Å². The van der Waals surface area contributed by atoms with Crippen LogP contribution in [0, 0.1) is 0 Å². The zero-order valence-corrected chi connectivity index (χ0v) is 8.65. The molecule has 6 heteroatoms. The first-order valence-electron chi connectivity index (χ1n) is 4.50. The van der Waals surface area contributed by atoms with Crippen molar-refractivity contribution in [2.75, 3.05) is 6.61 Å². The van der Waals surface area contributed by atoms with Crippen LogP contribution in [0.15, 0.2) is 0 Å². The molecule has 0 heterocycles. The summed E-state index contributed by atoms with van der Waals surface area (Å²) in [5.41, 5.74) is 0. The third-order valence-electron chi connectivity index (χ3n) is 1.09. The summed E-state index contributed by atoms with van der Waals surface area (Å²) in [4.78, 5) is 19.1. The molecule has 0 atom stereocenters. The molecular weight excluding hydrogens is 192 g/mol. The third kappa shape index (κ3) is 9.24. The lowest BCUT2D eigenvalue weighted by molar-refractivity contribution is -0.618. The Hall–Kier alpha value is -0.850. The van der Waals surface area contributed by atoms with Gasteiger partial charge < -0.3 is 4.74 Å². The van der Waals surface area contributed by atoms with Gasteiger partial charge in [-0.1, -0.05) is 13.3 Å². The van der Waals surface area contributed by atoms with Crippen molar-refractivity contribution in [1.82, 2.24) is 0 Å². The van der Waals surface area contributed by atoms with E-state index in [1.807, 2.05) is 6.92 Å². The molecule has 0 radical (unpaired) electrons. The van der Waals surface area contributed by atoms with E-state index in [2.05, 4.69) is 24.6 Å². The predicted molar refractivity (Wildman–Crippen MR) is 45.7 cm³/mol. The monoisotopic (exact) mass is 208 g/mol. The number of ether oxygens (including phenoxy) is 1. The normalized spacial score (nSPS) is 10.3. The van der Waals surface area contributed by atoms with Gasteiger partial charge in [0.25, 0.3) is 0 Å². The topological polar surface area (TPSA) is 63.2 Å². The van der Waals surface area contributed by atoms with E-state index in [0.717, 1.165) is 12.8 Å². The van der Waals surface area contributed by atoms with Crippen molar-refractivity contribution >= 4 is 6.16 Å². The van der Waals surface area contributed by atoms with Crippen molar-refractivity contribution in [1.29, 1.82) is 0 Å². The molecular formula is C8H16O6. The Balaban J connectivity index is 3.15. The highest BCUT2D eigenvalue weighted by Crippen LogP contribution is 1.95. The second kappa shape index (κ2) is 8.74. The van der Waals surface area contributed by atoms with E-state index in [0.29, 0.717) is 6.61 Å². The Morgan fingerprint density at radius 3 is 2.57 bits per heavy atom. The maximum atomic E-state index is 10.6. The van der Waals surface area contributed by atoms with E-state index in [9.17, 15) is 4.79 Å². The van der Waals surface area contributed by atoms with Crippen LogP contribution >= 0.6 is 0 Å². The SMILES string of the molecule is CCCCOOOOC(=O)OC(C)C. The largest absolute Gasteiger partial charge is 0.542 e. The highest BCUT2D eigenvalue weighted by molar-refractivity contribution is 5.59. The van der Waals surface area contributed by atoms with Crippen molar-refractivity contribution in [3.8, 4) is 0 Å². The number of unbranched alkanes of at least 4 members (excludes halogenated alkanes) is 1. The Morgan fingerprint density at radius 1 is 1.29 bits per heavy atom. The van der Waals surface area contributed by atoms with E-state index in [1.165, 1.54) is 0 Å². The third-order valence-corrected chi connectivity index (χ3v) is 1.09. The summed E-state index contributed by atoms with van der Waals surface area (Å²) in [5, 5.41) is 8.01. The van der Waals surface area contributed by atoms with Crippen LogP contribution in [0.5, 0.6) is 0 Å². The van der Waals surface area contributed by atoms with Crippen LogP contribution in [-0.4, -0.2) is 18.9 Å². The molecule has 6 nitrogen and oxygen atoms in total. The minimum absolute atomic E-state index is 0.271. The lowest BCUT2D eigenvalue weighted by Crippen LogP contribution is -2.13. The van der Waals surface area contributed by atoms with Gasteiger partial charge in [-0.3, -0.25) is 0 Å².